The maximum atomic E-state index is 13.1. The van der Waals surface area contributed by atoms with Crippen LogP contribution in [0.5, 0.6) is 0 Å². The van der Waals surface area contributed by atoms with Gasteiger partial charge in [-0.2, -0.15) is 10.1 Å². The number of hydrogen-bond donors (Lipinski definition) is 1. The quantitative estimate of drug-likeness (QED) is 0.655. The Labute approximate surface area is 170 Å². The van der Waals surface area contributed by atoms with E-state index in [0.717, 1.165) is 16.8 Å². The van der Waals surface area contributed by atoms with E-state index in [0.29, 0.717) is 17.4 Å². The third-order valence-electron chi connectivity index (χ3n) is 5.15. The molecule has 2 aromatic carbocycles. The maximum Gasteiger partial charge on any atom is 0.338 e. The van der Waals surface area contributed by atoms with Gasteiger partial charge in [0.1, 0.15) is 19.0 Å². The average Bonchev–Trinajstić information content (AvgIpc) is 3.20. The van der Waals surface area contributed by atoms with Crippen molar-refractivity contribution in [3.8, 4) is 0 Å². The molecule has 0 saturated heterocycles. The lowest BCUT2D eigenvalue weighted by molar-refractivity contribution is -0.140. The van der Waals surface area contributed by atoms with Crippen molar-refractivity contribution < 1.29 is 9.53 Å². The molecular weight excluding hydrogens is 364 g/mol. The van der Waals surface area contributed by atoms with Crippen molar-refractivity contribution in [1.82, 2.24) is 14.8 Å². The fourth-order valence-corrected chi connectivity index (χ4v) is 3.53. The molecule has 0 fully saturated rings. The van der Waals surface area contributed by atoms with Crippen molar-refractivity contribution in [2.75, 3.05) is 5.32 Å². The highest BCUT2D eigenvalue weighted by atomic mass is 16.5. The van der Waals surface area contributed by atoms with Crippen molar-refractivity contribution in [1.29, 1.82) is 0 Å². The molecule has 1 unspecified atom stereocenters. The number of aromatic nitrogens is 3. The molecule has 1 aliphatic heterocycles. The van der Waals surface area contributed by atoms with Gasteiger partial charge >= 0.3 is 5.97 Å². The minimum absolute atomic E-state index is 0.222. The molecule has 0 radical (unpaired) electrons. The maximum absolute atomic E-state index is 13.1. The molecule has 4 rings (SSSR count). The van der Waals surface area contributed by atoms with Crippen molar-refractivity contribution in [2.45, 2.75) is 39.3 Å². The number of rotatable bonds is 5. The first-order valence-corrected chi connectivity index (χ1v) is 9.73. The van der Waals surface area contributed by atoms with Crippen LogP contribution in [0.15, 0.2) is 72.2 Å². The molecule has 1 N–H and O–H groups in total. The third-order valence-corrected chi connectivity index (χ3v) is 5.15. The summed E-state index contributed by atoms with van der Waals surface area (Å²) in [5, 5.41) is 7.53. The fourth-order valence-electron chi connectivity index (χ4n) is 3.53. The highest BCUT2D eigenvalue weighted by molar-refractivity contribution is 5.92. The Bertz CT molecular complexity index is 1040. The summed E-state index contributed by atoms with van der Waals surface area (Å²) in [5.74, 6) is 0.685. The molecule has 1 aliphatic rings. The number of nitrogens with one attached hydrogen (secondary N) is 1. The van der Waals surface area contributed by atoms with Gasteiger partial charge in [-0.3, -0.25) is 0 Å². The smallest absolute Gasteiger partial charge is 0.338 e. The molecule has 0 aliphatic carbocycles. The monoisotopic (exact) mass is 388 g/mol. The van der Waals surface area contributed by atoms with Crippen LogP contribution >= 0.6 is 0 Å². The van der Waals surface area contributed by atoms with E-state index in [2.05, 4.69) is 53.5 Å². The second-order valence-electron chi connectivity index (χ2n) is 7.48. The summed E-state index contributed by atoms with van der Waals surface area (Å²) in [5.41, 5.74) is 4.42. The van der Waals surface area contributed by atoms with Gasteiger partial charge in [0.2, 0.25) is 5.95 Å². The molecule has 1 atom stereocenters. The first kappa shape index (κ1) is 18.9. The zero-order chi connectivity index (χ0) is 20.4. The molecular formula is C23H24N4O2. The SMILES string of the molecule is CC1=C(C(=O)OCc2ccccc2)C(c2ccc(C(C)C)cc2)n2ncnc2N1. The van der Waals surface area contributed by atoms with E-state index in [1.165, 1.54) is 11.9 Å². The van der Waals surface area contributed by atoms with Gasteiger partial charge in [0.15, 0.2) is 0 Å². The van der Waals surface area contributed by atoms with E-state index in [9.17, 15) is 4.79 Å². The van der Waals surface area contributed by atoms with Crippen LogP contribution in [-0.2, 0) is 16.1 Å². The molecule has 0 spiro atoms. The standard InChI is InChI=1S/C23H24N4O2/c1-15(2)18-9-11-19(12-10-18)21-20(16(3)26-23-24-14-25-27(21)23)22(28)29-13-17-7-5-4-6-8-17/h4-12,14-15,21H,13H2,1-3H3,(H,24,25,26). The van der Waals surface area contributed by atoms with Crippen molar-refractivity contribution in [3.63, 3.8) is 0 Å². The number of ether oxygens (including phenoxy) is 1. The minimum Gasteiger partial charge on any atom is -0.457 e. The van der Waals surface area contributed by atoms with Gasteiger partial charge in [0, 0.05) is 5.70 Å². The Morgan fingerprint density at radius 1 is 1.14 bits per heavy atom. The van der Waals surface area contributed by atoms with Gasteiger partial charge in [0.05, 0.1) is 5.57 Å². The summed E-state index contributed by atoms with van der Waals surface area (Å²) in [6.07, 6.45) is 1.49. The summed E-state index contributed by atoms with van der Waals surface area (Å²) in [6, 6.07) is 17.6. The number of hydrogen-bond acceptors (Lipinski definition) is 5. The Balaban J connectivity index is 1.67. The van der Waals surface area contributed by atoms with Crippen LogP contribution in [-0.4, -0.2) is 20.7 Å². The third kappa shape index (κ3) is 3.78. The summed E-state index contributed by atoms with van der Waals surface area (Å²) in [6.45, 7) is 6.41. The molecule has 29 heavy (non-hydrogen) atoms. The summed E-state index contributed by atoms with van der Waals surface area (Å²) < 4.78 is 7.38. The number of allylic oxidation sites excluding steroid dienone is 1. The Hall–Kier alpha value is -3.41. The highest BCUT2D eigenvalue weighted by Crippen LogP contribution is 2.35. The van der Waals surface area contributed by atoms with E-state index in [4.69, 9.17) is 4.74 Å². The van der Waals surface area contributed by atoms with Gasteiger partial charge in [-0.25, -0.2) is 9.48 Å². The van der Waals surface area contributed by atoms with Gasteiger partial charge in [-0.15, -0.1) is 0 Å². The lowest BCUT2D eigenvalue weighted by Crippen LogP contribution is -2.29. The van der Waals surface area contributed by atoms with Gasteiger partial charge in [-0.1, -0.05) is 68.4 Å². The van der Waals surface area contributed by atoms with Crippen LogP contribution in [0.1, 0.15) is 49.4 Å². The number of fused-ring (bicyclic) bond motifs is 1. The second-order valence-corrected chi connectivity index (χ2v) is 7.48. The largest absolute Gasteiger partial charge is 0.457 e. The zero-order valence-corrected chi connectivity index (χ0v) is 16.8. The molecule has 0 amide bonds. The predicted octanol–water partition coefficient (Wildman–Crippen LogP) is 4.43. The first-order valence-electron chi connectivity index (χ1n) is 9.73. The van der Waals surface area contributed by atoms with E-state index < -0.39 is 6.04 Å². The highest BCUT2D eigenvalue weighted by Gasteiger charge is 2.34. The van der Waals surface area contributed by atoms with Crippen LogP contribution in [0.25, 0.3) is 0 Å². The van der Waals surface area contributed by atoms with Gasteiger partial charge < -0.3 is 10.1 Å². The van der Waals surface area contributed by atoms with E-state index in [1.807, 2.05) is 37.3 Å². The fraction of sp³-hybridized carbons (Fsp3) is 0.261. The van der Waals surface area contributed by atoms with Crippen LogP contribution in [0.4, 0.5) is 5.95 Å². The van der Waals surface area contributed by atoms with E-state index in [1.54, 1.807) is 4.68 Å². The van der Waals surface area contributed by atoms with Crippen molar-refractivity contribution in [3.05, 3.63) is 88.9 Å². The zero-order valence-electron chi connectivity index (χ0n) is 16.8. The lowest BCUT2D eigenvalue weighted by Gasteiger charge is -2.28. The number of anilines is 1. The molecule has 0 bridgehead atoms. The number of carbonyl (C=O) groups is 1. The first-order chi connectivity index (χ1) is 14.0. The number of nitrogens with zero attached hydrogens (tertiary/aromatic N) is 3. The van der Waals surface area contributed by atoms with Crippen LogP contribution in [0, 0.1) is 0 Å². The van der Waals surface area contributed by atoms with Crippen LogP contribution in [0.2, 0.25) is 0 Å². The molecule has 148 valence electrons. The van der Waals surface area contributed by atoms with Crippen molar-refractivity contribution >= 4 is 11.9 Å². The Kier molecular flexibility index (Phi) is 5.16. The topological polar surface area (TPSA) is 69.0 Å². The second kappa shape index (κ2) is 7.91. The average molecular weight is 388 g/mol. The van der Waals surface area contributed by atoms with E-state index in [-0.39, 0.29) is 12.6 Å². The van der Waals surface area contributed by atoms with Crippen LogP contribution < -0.4 is 5.32 Å². The number of esters is 1. The summed E-state index contributed by atoms with van der Waals surface area (Å²) in [4.78, 5) is 17.4. The Morgan fingerprint density at radius 3 is 2.55 bits per heavy atom. The van der Waals surface area contributed by atoms with Crippen molar-refractivity contribution in [2.24, 2.45) is 0 Å². The predicted molar refractivity (Wildman–Crippen MR) is 111 cm³/mol. The van der Waals surface area contributed by atoms with E-state index >= 15 is 0 Å². The number of benzene rings is 2. The molecule has 0 saturated carbocycles. The molecule has 6 heteroatoms. The van der Waals surface area contributed by atoms with Gasteiger partial charge in [-0.05, 0) is 29.5 Å². The Morgan fingerprint density at radius 2 is 1.86 bits per heavy atom. The van der Waals surface area contributed by atoms with Gasteiger partial charge in [0.25, 0.3) is 0 Å². The molecule has 3 aromatic rings. The number of carbonyl (C=O) groups excluding carboxylic acids is 1. The molecule has 6 nitrogen and oxygen atoms in total. The lowest BCUT2D eigenvalue weighted by atomic mass is 9.93. The van der Waals surface area contributed by atoms with Crippen LogP contribution in [0.3, 0.4) is 0 Å². The molecule has 2 heterocycles. The minimum atomic E-state index is -0.391. The normalized spacial score (nSPS) is 15.8. The molecule has 1 aromatic heterocycles. The summed E-state index contributed by atoms with van der Waals surface area (Å²) >= 11 is 0. The summed E-state index contributed by atoms with van der Waals surface area (Å²) in [7, 11) is 0.